The van der Waals surface area contributed by atoms with Crippen molar-refractivity contribution in [1.82, 2.24) is 10.2 Å². The van der Waals surface area contributed by atoms with Gasteiger partial charge < -0.3 is 10.2 Å². The van der Waals surface area contributed by atoms with Gasteiger partial charge in [-0.2, -0.15) is 0 Å². The molecule has 1 N–H and O–H groups in total. The highest BCUT2D eigenvalue weighted by Crippen LogP contribution is 2.15. The SMILES string of the molecule is O=C(CCC1CCCCN1)N1CCCCC1. The van der Waals surface area contributed by atoms with Gasteiger partial charge in [0.05, 0.1) is 0 Å². The fraction of sp³-hybridized carbons (Fsp3) is 0.923. The first kappa shape index (κ1) is 11.9. The molecule has 16 heavy (non-hydrogen) atoms. The average molecular weight is 224 g/mol. The average Bonchev–Trinajstić information content (AvgIpc) is 2.38. The van der Waals surface area contributed by atoms with Crippen molar-refractivity contribution in [3.8, 4) is 0 Å². The van der Waals surface area contributed by atoms with Gasteiger partial charge >= 0.3 is 0 Å². The lowest BCUT2D eigenvalue weighted by atomic mass is 10.00. The van der Waals surface area contributed by atoms with E-state index in [-0.39, 0.29) is 0 Å². The van der Waals surface area contributed by atoms with E-state index in [9.17, 15) is 4.79 Å². The van der Waals surface area contributed by atoms with Crippen LogP contribution < -0.4 is 5.32 Å². The van der Waals surface area contributed by atoms with Crippen molar-refractivity contribution in [2.45, 2.75) is 57.4 Å². The van der Waals surface area contributed by atoms with Gasteiger partial charge in [0.15, 0.2) is 0 Å². The summed E-state index contributed by atoms with van der Waals surface area (Å²) in [5, 5.41) is 3.51. The molecule has 2 heterocycles. The summed E-state index contributed by atoms with van der Waals surface area (Å²) >= 11 is 0. The van der Waals surface area contributed by atoms with Crippen LogP contribution in [0.5, 0.6) is 0 Å². The monoisotopic (exact) mass is 224 g/mol. The van der Waals surface area contributed by atoms with E-state index < -0.39 is 0 Å². The third-order valence-electron chi connectivity index (χ3n) is 3.83. The Kier molecular flexibility index (Phi) is 4.64. The van der Waals surface area contributed by atoms with E-state index in [1.165, 1.54) is 38.5 Å². The summed E-state index contributed by atoms with van der Waals surface area (Å²) < 4.78 is 0. The van der Waals surface area contributed by atoms with Crippen LogP contribution in [0.2, 0.25) is 0 Å². The largest absolute Gasteiger partial charge is 0.343 e. The number of amides is 1. The highest BCUT2D eigenvalue weighted by Gasteiger charge is 2.18. The number of nitrogens with one attached hydrogen (secondary N) is 1. The van der Waals surface area contributed by atoms with Gasteiger partial charge in [0.2, 0.25) is 5.91 Å². The maximum Gasteiger partial charge on any atom is 0.222 e. The molecule has 1 unspecified atom stereocenters. The van der Waals surface area contributed by atoms with Crippen molar-refractivity contribution in [2.24, 2.45) is 0 Å². The first-order valence-electron chi connectivity index (χ1n) is 6.87. The normalized spacial score (nSPS) is 26.8. The molecule has 3 nitrogen and oxygen atoms in total. The maximum atomic E-state index is 11.9. The molecule has 2 saturated heterocycles. The van der Waals surface area contributed by atoms with Crippen LogP contribution in [-0.2, 0) is 4.79 Å². The number of carbonyl (C=O) groups is 1. The van der Waals surface area contributed by atoms with E-state index in [4.69, 9.17) is 0 Å². The number of likely N-dealkylation sites (tertiary alicyclic amines) is 1. The smallest absolute Gasteiger partial charge is 0.222 e. The van der Waals surface area contributed by atoms with Crippen LogP contribution in [0.1, 0.15) is 51.4 Å². The summed E-state index contributed by atoms with van der Waals surface area (Å²) in [6.07, 6.45) is 9.38. The first-order valence-corrected chi connectivity index (χ1v) is 6.87. The zero-order chi connectivity index (χ0) is 11.2. The second-order valence-corrected chi connectivity index (χ2v) is 5.13. The van der Waals surface area contributed by atoms with Crippen LogP contribution in [0.15, 0.2) is 0 Å². The molecular formula is C13H24N2O. The second-order valence-electron chi connectivity index (χ2n) is 5.13. The molecule has 2 aliphatic rings. The number of nitrogens with zero attached hydrogens (tertiary/aromatic N) is 1. The Morgan fingerprint density at radius 1 is 1.12 bits per heavy atom. The minimum atomic E-state index is 0.382. The van der Waals surface area contributed by atoms with Crippen LogP contribution in [-0.4, -0.2) is 36.5 Å². The molecule has 92 valence electrons. The van der Waals surface area contributed by atoms with E-state index in [0.29, 0.717) is 11.9 Å². The minimum absolute atomic E-state index is 0.382. The second kappa shape index (κ2) is 6.24. The van der Waals surface area contributed by atoms with Gasteiger partial charge in [-0.1, -0.05) is 6.42 Å². The summed E-state index contributed by atoms with van der Waals surface area (Å²) in [5.74, 6) is 0.382. The molecule has 0 aromatic rings. The molecule has 1 atom stereocenters. The third kappa shape index (κ3) is 3.48. The van der Waals surface area contributed by atoms with Crippen molar-refractivity contribution in [3.63, 3.8) is 0 Å². The van der Waals surface area contributed by atoms with Gasteiger partial charge in [-0.25, -0.2) is 0 Å². The summed E-state index contributed by atoms with van der Waals surface area (Å²) in [7, 11) is 0. The van der Waals surface area contributed by atoms with Crippen molar-refractivity contribution >= 4 is 5.91 Å². The van der Waals surface area contributed by atoms with Crippen molar-refractivity contribution < 1.29 is 4.79 Å². The zero-order valence-corrected chi connectivity index (χ0v) is 10.2. The molecule has 0 aromatic carbocycles. The van der Waals surface area contributed by atoms with Gasteiger partial charge in [0.1, 0.15) is 0 Å². The Balaban J connectivity index is 1.65. The zero-order valence-electron chi connectivity index (χ0n) is 10.2. The Bertz CT molecular complexity index is 218. The Morgan fingerprint density at radius 3 is 2.62 bits per heavy atom. The fourth-order valence-electron chi connectivity index (χ4n) is 2.77. The van der Waals surface area contributed by atoms with Crippen LogP contribution in [0.25, 0.3) is 0 Å². The van der Waals surface area contributed by atoms with Gasteiger partial charge in [0, 0.05) is 25.6 Å². The lowest BCUT2D eigenvalue weighted by Crippen LogP contribution is -2.38. The van der Waals surface area contributed by atoms with E-state index in [2.05, 4.69) is 10.2 Å². The van der Waals surface area contributed by atoms with Gasteiger partial charge in [-0.3, -0.25) is 4.79 Å². The van der Waals surface area contributed by atoms with E-state index in [0.717, 1.165) is 32.5 Å². The molecule has 2 fully saturated rings. The number of piperidine rings is 2. The molecule has 0 radical (unpaired) electrons. The van der Waals surface area contributed by atoms with E-state index in [1.807, 2.05) is 0 Å². The predicted octanol–water partition coefficient (Wildman–Crippen LogP) is 1.92. The van der Waals surface area contributed by atoms with Crippen LogP contribution in [0.3, 0.4) is 0 Å². The van der Waals surface area contributed by atoms with Gasteiger partial charge in [-0.15, -0.1) is 0 Å². The molecule has 3 heteroatoms. The minimum Gasteiger partial charge on any atom is -0.343 e. The number of hydrogen-bond acceptors (Lipinski definition) is 2. The first-order chi connectivity index (χ1) is 7.86. The number of rotatable bonds is 3. The van der Waals surface area contributed by atoms with E-state index in [1.54, 1.807) is 0 Å². The van der Waals surface area contributed by atoms with E-state index >= 15 is 0 Å². The number of hydrogen-bond donors (Lipinski definition) is 1. The third-order valence-corrected chi connectivity index (χ3v) is 3.83. The molecule has 0 spiro atoms. The Hall–Kier alpha value is -0.570. The fourth-order valence-corrected chi connectivity index (χ4v) is 2.77. The highest BCUT2D eigenvalue weighted by molar-refractivity contribution is 5.76. The summed E-state index contributed by atoms with van der Waals surface area (Å²) in [6.45, 7) is 3.14. The van der Waals surface area contributed by atoms with Crippen LogP contribution in [0, 0.1) is 0 Å². The topological polar surface area (TPSA) is 32.3 Å². The molecule has 0 aliphatic carbocycles. The van der Waals surface area contributed by atoms with Crippen molar-refractivity contribution in [1.29, 1.82) is 0 Å². The Morgan fingerprint density at radius 2 is 1.94 bits per heavy atom. The predicted molar refractivity (Wildman–Crippen MR) is 65.3 cm³/mol. The summed E-state index contributed by atoms with van der Waals surface area (Å²) in [4.78, 5) is 14.0. The highest BCUT2D eigenvalue weighted by atomic mass is 16.2. The van der Waals surface area contributed by atoms with Gasteiger partial charge in [-0.05, 0) is 45.1 Å². The molecule has 2 aliphatic heterocycles. The van der Waals surface area contributed by atoms with Crippen LogP contribution in [0.4, 0.5) is 0 Å². The molecular weight excluding hydrogens is 200 g/mol. The molecule has 2 rings (SSSR count). The van der Waals surface area contributed by atoms with Gasteiger partial charge in [0.25, 0.3) is 0 Å². The lowest BCUT2D eigenvalue weighted by molar-refractivity contribution is -0.132. The molecule has 1 amide bonds. The summed E-state index contributed by atoms with van der Waals surface area (Å²) in [5.41, 5.74) is 0. The molecule has 0 bridgehead atoms. The lowest BCUT2D eigenvalue weighted by Gasteiger charge is -2.28. The summed E-state index contributed by atoms with van der Waals surface area (Å²) in [6, 6.07) is 0.600. The van der Waals surface area contributed by atoms with Crippen molar-refractivity contribution in [2.75, 3.05) is 19.6 Å². The molecule has 0 saturated carbocycles. The maximum absolute atomic E-state index is 11.9. The van der Waals surface area contributed by atoms with Crippen LogP contribution >= 0.6 is 0 Å². The standard InChI is InChI=1S/C13H24N2O/c16-13(15-10-4-1-5-11-15)8-7-12-6-2-3-9-14-12/h12,14H,1-11H2. The Labute approximate surface area is 98.6 Å². The molecule has 0 aromatic heterocycles. The quantitative estimate of drug-likeness (QED) is 0.794. The van der Waals surface area contributed by atoms with Crippen molar-refractivity contribution in [3.05, 3.63) is 0 Å². The number of carbonyl (C=O) groups excluding carboxylic acids is 1.